The lowest BCUT2D eigenvalue weighted by molar-refractivity contribution is 1.07. The van der Waals surface area contributed by atoms with E-state index < -0.39 is 0 Å². The summed E-state index contributed by atoms with van der Waals surface area (Å²) in [4.78, 5) is 24.8. The Balaban J connectivity index is 1.21. The van der Waals surface area contributed by atoms with Crippen LogP contribution in [0.2, 0.25) is 0 Å². The molecule has 5 nitrogen and oxygen atoms in total. The van der Waals surface area contributed by atoms with Gasteiger partial charge < -0.3 is 0 Å². The average molecular weight is 616 g/mol. The smallest absolute Gasteiger partial charge is 0.164 e. The lowest BCUT2D eigenvalue weighted by atomic mass is 10.00. The van der Waals surface area contributed by atoms with E-state index in [0.717, 1.165) is 55.9 Å². The molecule has 0 radical (unpaired) electrons. The summed E-state index contributed by atoms with van der Waals surface area (Å²) in [5, 5.41) is 0. The first-order valence-electron chi connectivity index (χ1n) is 15.8. The van der Waals surface area contributed by atoms with E-state index in [0.29, 0.717) is 23.3 Å². The molecule has 6 aromatic carbocycles. The van der Waals surface area contributed by atoms with E-state index in [1.165, 1.54) is 0 Å². The number of rotatable bonds is 7. The van der Waals surface area contributed by atoms with Crippen LogP contribution >= 0.6 is 0 Å². The van der Waals surface area contributed by atoms with Crippen LogP contribution < -0.4 is 0 Å². The second kappa shape index (κ2) is 13.0. The SMILES string of the molecule is c1ccc(-c2cc(-c3ccccc3)nc(-c3cccc(-c4cccc(-c5nc(-c6ccccc6)nc(-c6ccccc6)n5)c4)c3)n2)cc1. The van der Waals surface area contributed by atoms with Crippen molar-refractivity contribution in [2.75, 3.05) is 0 Å². The fraction of sp³-hybridized carbons (Fsp3) is 0. The van der Waals surface area contributed by atoms with E-state index in [1.54, 1.807) is 0 Å². The number of aromatic nitrogens is 5. The van der Waals surface area contributed by atoms with Crippen molar-refractivity contribution in [3.05, 3.63) is 176 Å². The van der Waals surface area contributed by atoms with Crippen molar-refractivity contribution in [2.24, 2.45) is 0 Å². The molecule has 0 fully saturated rings. The van der Waals surface area contributed by atoms with Crippen LogP contribution in [-0.4, -0.2) is 24.9 Å². The Bertz CT molecular complexity index is 2040. The maximum Gasteiger partial charge on any atom is 0.164 e. The maximum atomic E-state index is 5.04. The molecule has 0 aliphatic heterocycles. The predicted molar refractivity (Wildman–Crippen MR) is 193 cm³/mol. The predicted octanol–water partition coefficient (Wildman–Crippen LogP) is 10.3. The van der Waals surface area contributed by atoms with Gasteiger partial charge in [0.1, 0.15) is 0 Å². The highest BCUT2D eigenvalue weighted by molar-refractivity contribution is 5.77. The Labute approximate surface area is 279 Å². The molecular formula is C43H29N5. The summed E-state index contributed by atoms with van der Waals surface area (Å²) >= 11 is 0. The molecule has 0 saturated carbocycles. The molecule has 8 rings (SSSR count). The highest BCUT2D eigenvalue weighted by Gasteiger charge is 2.14. The van der Waals surface area contributed by atoms with Gasteiger partial charge >= 0.3 is 0 Å². The Hall–Kier alpha value is -6.59. The second-order valence-corrected chi connectivity index (χ2v) is 11.4. The molecule has 0 saturated heterocycles. The van der Waals surface area contributed by atoms with Crippen LogP contribution in [0.25, 0.3) is 79.2 Å². The molecular weight excluding hydrogens is 587 g/mol. The van der Waals surface area contributed by atoms with Crippen molar-refractivity contribution in [3.63, 3.8) is 0 Å². The van der Waals surface area contributed by atoms with Crippen molar-refractivity contribution in [3.8, 4) is 79.2 Å². The molecule has 0 bridgehead atoms. The average Bonchev–Trinajstić information content (AvgIpc) is 3.19. The maximum absolute atomic E-state index is 5.04. The van der Waals surface area contributed by atoms with Gasteiger partial charge in [-0.3, -0.25) is 0 Å². The third kappa shape index (κ3) is 6.13. The van der Waals surface area contributed by atoms with Gasteiger partial charge in [-0.15, -0.1) is 0 Å². The van der Waals surface area contributed by atoms with Crippen LogP contribution in [0, 0.1) is 0 Å². The molecule has 48 heavy (non-hydrogen) atoms. The van der Waals surface area contributed by atoms with Crippen molar-refractivity contribution in [2.45, 2.75) is 0 Å². The summed E-state index contributed by atoms with van der Waals surface area (Å²) in [6.45, 7) is 0. The largest absolute Gasteiger partial charge is 0.228 e. The van der Waals surface area contributed by atoms with Gasteiger partial charge in [-0.1, -0.05) is 158 Å². The summed E-state index contributed by atoms with van der Waals surface area (Å²) < 4.78 is 0. The molecule has 2 aromatic heterocycles. The van der Waals surface area contributed by atoms with E-state index in [2.05, 4.69) is 66.7 Å². The van der Waals surface area contributed by atoms with Gasteiger partial charge in [-0.05, 0) is 29.3 Å². The number of benzene rings is 6. The number of hydrogen-bond acceptors (Lipinski definition) is 5. The Morgan fingerprint density at radius 2 is 0.500 bits per heavy atom. The Kier molecular flexibility index (Phi) is 7.83. The van der Waals surface area contributed by atoms with Gasteiger partial charge in [-0.2, -0.15) is 0 Å². The molecule has 226 valence electrons. The molecule has 2 heterocycles. The minimum Gasteiger partial charge on any atom is -0.228 e. The highest BCUT2D eigenvalue weighted by Crippen LogP contribution is 2.32. The quantitative estimate of drug-likeness (QED) is 0.178. The molecule has 0 aliphatic rings. The van der Waals surface area contributed by atoms with E-state index >= 15 is 0 Å². The van der Waals surface area contributed by atoms with E-state index in [4.69, 9.17) is 24.9 Å². The zero-order chi connectivity index (χ0) is 32.1. The normalized spacial score (nSPS) is 10.9. The summed E-state index contributed by atoms with van der Waals surface area (Å²) in [7, 11) is 0. The van der Waals surface area contributed by atoms with Crippen molar-refractivity contribution >= 4 is 0 Å². The minimum absolute atomic E-state index is 0.618. The summed E-state index contributed by atoms with van der Waals surface area (Å²) in [6.07, 6.45) is 0. The summed E-state index contributed by atoms with van der Waals surface area (Å²) in [5.74, 6) is 2.56. The van der Waals surface area contributed by atoms with Gasteiger partial charge in [0.2, 0.25) is 0 Å². The first-order chi connectivity index (χ1) is 23.8. The van der Waals surface area contributed by atoms with Crippen LogP contribution in [0.15, 0.2) is 176 Å². The second-order valence-electron chi connectivity index (χ2n) is 11.4. The van der Waals surface area contributed by atoms with E-state index in [-0.39, 0.29) is 0 Å². The molecule has 0 amide bonds. The molecule has 0 unspecified atom stereocenters. The standard InChI is InChI=1S/C43H29N5/c1-5-15-30(16-6-1)38-29-39(31-17-7-2-8-18-31)45-42(44-38)36-25-13-23-34(27-36)35-24-14-26-37(28-35)43-47-40(32-19-9-3-10-20-32)46-41(48-43)33-21-11-4-12-22-33/h1-29H. The van der Waals surface area contributed by atoms with Crippen molar-refractivity contribution in [1.82, 2.24) is 24.9 Å². The zero-order valence-corrected chi connectivity index (χ0v) is 26.0. The molecule has 0 atom stereocenters. The third-order valence-electron chi connectivity index (χ3n) is 8.14. The van der Waals surface area contributed by atoms with Gasteiger partial charge in [0.05, 0.1) is 11.4 Å². The van der Waals surface area contributed by atoms with E-state index in [9.17, 15) is 0 Å². The lowest BCUT2D eigenvalue weighted by Crippen LogP contribution is -2.00. The first-order valence-corrected chi connectivity index (χ1v) is 15.8. The first kappa shape index (κ1) is 28.9. The third-order valence-corrected chi connectivity index (χ3v) is 8.14. The zero-order valence-electron chi connectivity index (χ0n) is 26.0. The van der Waals surface area contributed by atoms with Crippen molar-refractivity contribution < 1.29 is 0 Å². The fourth-order valence-corrected chi connectivity index (χ4v) is 5.70. The molecule has 8 aromatic rings. The van der Waals surface area contributed by atoms with Gasteiger partial charge in [-0.25, -0.2) is 24.9 Å². The van der Waals surface area contributed by atoms with Crippen LogP contribution in [0.1, 0.15) is 0 Å². The van der Waals surface area contributed by atoms with Crippen molar-refractivity contribution in [1.29, 1.82) is 0 Å². The van der Waals surface area contributed by atoms with Gasteiger partial charge in [0.15, 0.2) is 23.3 Å². The molecule has 0 aliphatic carbocycles. The Morgan fingerprint density at radius 1 is 0.208 bits per heavy atom. The fourth-order valence-electron chi connectivity index (χ4n) is 5.70. The summed E-state index contributed by atoms with van der Waals surface area (Å²) in [5.41, 5.74) is 9.66. The lowest BCUT2D eigenvalue weighted by Gasteiger charge is -2.11. The highest BCUT2D eigenvalue weighted by atomic mass is 15.0. The molecule has 0 N–H and O–H groups in total. The number of hydrogen-bond donors (Lipinski definition) is 0. The van der Waals surface area contributed by atoms with Crippen LogP contribution in [0.5, 0.6) is 0 Å². The number of nitrogens with zero attached hydrogens (tertiary/aromatic N) is 5. The minimum atomic E-state index is 0.618. The summed E-state index contributed by atoms with van der Waals surface area (Å²) in [6, 6.07) is 59.3. The van der Waals surface area contributed by atoms with Gasteiger partial charge in [0, 0.05) is 33.4 Å². The Morgan fingerprint density at radius 3 is 0.896 bits per heavy atom. The van der Waals surface area contributed by atoms with Gasteiger partial charge in [0.25, 0.3) is 0 Å². The van der Waals surface area contributed by atoms with E-state index in [1.807, 2.05) is 109 Å². The molecule has 5 heteroatoms. The monoisotopic (exact) mass is 615 g/mol. The van der Waals surface area contributed by atoms with Crippen LogP contribution in [0.3, 0.4) is 0 Å². The van der Waals surface area contributed by atoms with Crippen LogP contribution in [0.4, 0.5) is 0 Å². The topological polar surface area (TPSA) is 64.5 Å². The van der Waals surface area contributed by atoms with Crippen LogP contribution in [-0.2, 0) is 0 Å². The molecule has 0 spiro atoms.